The molecule has 0 saturated carbocycles. The highest BCUT2D eigenvalue weighted by Gasteiger charge is 2.09. The Balaban J connectivity index is 1.70. The van der Waals surface area contributed by atoms with Crippen LogP contribution in [0.5, 0.6) is 0 Å². The lowest BCUT2D eigenvalue weighted by Gasteiger charge is -2.08. The number of carbonyl (C=O) groups excluding carboxylic acids is 1. The minimum absolute atomic E-state index is 0.233. The van der Waals surface area contributed by atoms with Crippen LogP contribution in [0, 0.1) is 5.82 Å². The van der Waals surface area contributed by atoms with Crippen LogP contribution in [0.25, 0.3) is 0 Å². The summed E-state index contributed by atoms with van der Waals surface area (Å²) in [5.74, 6) is -0.610. The highest BCUT2D eigenvalue weighted by molar-refractivity contribution is 6.36. The second-order valence-corrected chi connectivity index (χ2v) is 5.85. The molecule has 1 heterocycles. The summed E-state index contributed by atoms with van der Waals surface area (Å²) in [5.41, 5.74) is 1.17. The van der Waals surface area contributed by atoms with Gasteiger partial charge in [0.15, 0.2) is 0 Å². The zero-order valence-corrected chi connectivity index (χ0v) is 14.1. The van der Waals surface area contributed by atoms with E-state index >= 15 is 0 Å². The molecule has 2 N–H and O–H groups in total. The lowest BCUT2D eigenvalue weighted by atomic mass is 10.2. The molecule has 3 rings (SSSR count). The van der Waals surface area contributed by atoms with Crippen LogP contribution in [-0.4, -0.2) is 15.9 Å². The number of hydrogen-bond acceptors (Lipinski definition) is 4. The number of nitrogens with zero attached hydrogens (tertiary/aromatic N) is 2. The number of hydrogen-bond donors (Lipinski definition) is 2. The average molecular weight is 377 g/mol. The monoisotopic (exact) mass is 376 g/mol. The fourth-order valence-corrected chi connectivity index (χ4v) is 2.45. The summed E-state index contributed by atoms with van der Waals surface area (Å²) in [6, 6.07) is 10.6. The van der Waals surface area contributed by atoms with Gasteiger partial charge in [0.25, 0.3) is 5.91 Å². The van der Waals surface area contributed by atoms with E-state index < -0.39 is 11.7 Å². The van der Waals surface area contributed by atoms with Crippen molar-refractivity contribution in [3.63, 3.8) is 0 Å². The summed E-state index contributed by atoms with van der Waals surface area (Å²) in [4.78, 5) is 20.3. The molecule has 0 aliphatic heterocycles. The first-order valence-electron chi connectivity index (χ1n) is 7.12. The molecular weight excluding hydrogens is 366 g/mol. The van der Waals surface area contributed by atoms with Crippen molar-refractivity contribution in [2.45, 2.75) is 0 Å². The van der Waals surface area contributed by atoms with Crippen LogP contribution in [0.15, 0.2) is 54.9 Å². The number of anilines is 3. The van der Waals surface area contributed by atoms with Gasteiger partial charge in [-0.15, -0.1) is 0 Å². The van der Waals surface area contributed by atoms with Crippen molar-refractivity contribution in [1.29, 1.82) is 0 Å². The van der Waals surface area contributed by atoms with Gasteiger partial charge >= 0.3 is 0 Å². The molecule has 1 amide bonds. The third kappa shape index (κ3) is 4.43. The smallest absolute Gasteiger partial charge is 0.258 e. The molecule has 0 spiro atoms. The largest absolute Gasteiger partial charge is 0.323 e. The SMILES string of the molecule is O=C(Nc1cccc(F)c1)c1cnc(Nc2ccc(Cl)cc2Cl)nc1. The predicted molar refractivity (Wildman–Crippen MR) is 96.1 cm³/mol. The van der Waals surface area contributed by atoms with Gasteiger partial charge in [0.2, 0.25) is 5.95 Å². The number of nitrogens with one attached hydrogen (secondary N) is 2. The number of halogens is 3. The van der Waals surface area contributed by atoms with Gasteiger partial charge < -0.3 is 10.6 Å². The third-order valence-corrected chi connectivity index (χ3v) is 3.72. The number of rotatable bonds is 4. The number of aromatic nitrogens is 2. The van der Waals surface area contributed by atoms with Gasteiger partial charge in [-0.05, 0) is 36.4 Å². The fourth-order valence-electron chi connectivity index (χ4n) is 1.99. The highest BCUT2D eigenvalue weighted by atomic mass is 35.5. The zero-order chi connectivity index (χ0) is 17.8. The molecule has 25 heavy (non-hydrogen) atoms. The molecule has 0 radical (unpaired) electrons. The number of benzene rings is 2. The van der Waals surface area contributed by atoms with Crippen LogP contribution in [0.1, 0.15) is 10.4 Å². The first-order valence-corrected chi connectivity index (χ1v) is 7.88. The van der Waals surface area contributed by atoms with Gasteiger partial charge in [-0.25, -0.2) is 14.4 Å². The molecule has 0 unspecified atom stereocenters. The highest BCUT2D eigenvalue weighted by Crippen LogP contribution is 2.27. The molecular formula is C17H11Cl2FN4O. The molecule has 2 aromatic carbocycles. The van der Waals surface area contributed by atoms with E-state index in [2.05, 4.69) is 20.6 Å². The van der Waals surface area contributed by atoms with Gasteiger partial charge in [-0.2, -0.15) is 0 Å². The van der Waals surface area contributed by atoms with E-state index in [1.54, 1.807) is 24.3 Å². The lowest BCUT2D eigenvalue weighted by Crippen LogP contribution is -2.13. The molecule has 0 bridgehead atoms. The molecule has 0 aliphatic rings. The Morgan fingerprint density at radius 2 is 1.80 bits per heavy atom. The molecule has 3 aromatic rings. The van der Waals surface area contributed by atoms with Crippen molar-refractivity contribution in [3.8, 4) is 0 Å². The van der Waals surface area contributed by atoms with E-state index in [-0.39, 0.29) is 11.5 Å². The third-order valence-electron chi connectivity index (χ3n) is 3.17. The topological polar surface area (TPSA) is 66.9 Å². The van der Waals surface area contributed by atoms with E-state index in [0.29, 0.717) is 21.4 Å². The Morgan fingerprint density at radius 3 is 2.48 bits per heavy atom. The maximum atomic E-state index is 13.1. The minimum atomic E-state index is -0.443. The Kier molecular flexibility index (Phi) is 5.11. The van der Waals surface area contributed by atoms with E-state index in [9.17, 15) is 9.18 Å². The molecule has 0 atom stereocenters. The van der Waals surface area contributed by atoms with Crippen molar-refractivity contribution < 1.29 is 9.18 Å². The summed E-state index contributed by atoms with van der Waals surface area (Å²) in [7, 11) is 0. The average Bonchev–Trinajstić information content (AvgIpc) is 2.58. The molecule has 0 fully saturated rings. The Bertz CT molecular complexity index is 919. The number of amides is 1. The first-order chi connectivity index (χ1) is 12.0. The standard InChI is InChI=1S/C17H11Cl2FN4O/c18-11-4-5-15(14(19)6-11)24-17-21-8-10(9-22-17)16(25)23-13-3-1-2-12(20)7-13/h1-9H,(H,23,25)(H,21,22,24). The summed E-state index contributed by atoms with van der Waals surface area (Å²) >= 11 is 11.9. The van der Waals surface area contributed by atoms with Crippen molar-refractivity contribution in [1.82, 2.24) is 9.97 Å². The van der Waals surface area contributed by atoms with E-state index in [1.807, 2.05) is 0 Å². The summed E-state index contributed by atoms with van der Waals surface area (Å²) in [6.45, 7) is 0. The molecule has 0 saturated heterocycles. The second-order valence-electron chi connectivity index (χ2n) is 5.01. The predicted octanol–water partition coefficient (Wildman–Crippen LogP) is 4.92. The van der Waals surface area contributed by atoms with Crippen LogP contribution in [0.4, 0.5) is 21.7 Å². The second kappa shape index (κ2) is 7.46. The Morgan fingerprint density at radius 1 is 1.04 bits per heavy atom. The van der Waals surface area contributed by atoms with E-state index in [4.69, 9.17) is 23.2 Å². The summed E-state index contributed by atoms with van der Waals surface area (Å²) in [5, 5.41) is 6.43. The van der Waals surface area contributed by atoms with Crippen molar-refractivity contribution in [2.75, 3.05) is 10.6 Å². The van der Waals surface area contributed by atoms with Crippen LogP contribution in [-0.2, 0) is 0 Å². The summed E-state index contributed by atoms with van der Waals surface area (Å²) in [6.07, 6.45) is 2.71. The van der Waals surface area contributed by atoms with Crippen molar-refractivity contribution in [3.05, 3.63) is 76.3 Å². The lowest BCUT2D eigenvalue weighted by molar-refractivity contribution is 0.102. The van der Waals surface area contributed by atoms with Gasteiger partial charge in [-0.1, -0.05) is 29.3 Å². The molecule has 126 valence electrons. The summed E-state index contributed by atoms with van der Waals surface area (Å²) < 4.78 is 13.1. The van der Waals surface area contributed by atoms with Crippen LogP contribution < -0.4 is 10.6 Å². The van der Waals surface area contributed by atoms with Crippen molar-refractivity contribution >= 4 is 46.4 Å². The molecule has 8 heteroatoms. The van der Waals surface area contributed by atoms with E-state index in [1.165, 1.54) is 30.6 Å². The van der Waals surface area contributed by atoms with Crippen LogP contribution in [0.3, 0.4) is 0 Å². The molecule has 5 nitrogen and oxygen atoms in total. The molecule has 0 aliphatic carbocycles. The van der Waals surface area contributed by atoms with Crippen LogP contribution >= 0.6 is 23.2 Å². The normalized spacial score (nSPS) is 10.4. The number of carbonyl (C=O) groups is 1. The van der Waals surface area contributed by atoms with Crippen molar-refractivity contribution in [2.24, 2.45) is 0 Å². The van der Waals surface area contributed by atoms with Gasteiger partial charge in [0.1, 0.15) is 5.82 Å². The quantitative estimate of drug-likeness (QED) is 0.678. The zero-order valence-electron chi connectivity index (χ0n) is 12.6. The van der Waals surface area contributed by atoms with Gasteiger partial charge in [0.05, 0.1) is 16.3 Å². The fraction of sp³-hybridized carbons (Fsp3) is 0. The van der Waals surface area contributed by atoms with Gasteiger partial charge in [0, 0.05) is 23.1 Å². The maximum absolute atomic E-state index is 13.1. The minimum Gasteiger partial charge on any atom is -0.323 e. The van der Waals surface area contributed by atoms with Gasteiger partial charge in [-0.3, -0.25) is 4.79 Å². The Labute approximate surface area is 152 Å². The van der Waals surface area contributed by atoms with E-state index in [0.717, 1.165) is 0 Å². The Hall–Kier alpha value is -2.70. The maximum Gasteiger partial charge on any atom is 0.258 e. The first kappa shape index (κ1) is 17.1. The van der Waals surface area contributed by atoms with Crippen LogP contribution in [0.2, 0.25) is 10.0 Å². The molecule has 1 aromatic heterocycles.